The van der Waals surface area contributed by atoms with Gasteiger partial charge in [0, 0.05) is 17.0 Å². The Kier molecular flexibility index (Phi) is 5.10. The normalized spacial score (nSPS) is 23.6. The van der Waals surface area contributed by atoms with Crippen molar-refractivity contribution in [3.8, 4) is 0 Å². The lowest BCUT2D eigenvalue weighted by Gasteiger charge is -2.21. The van der Waals surface area contributed by atoms with E-state index in [1.165, 1.54) is 5.56 Å². The van der Waals surface area contributed by atoms with E-state index in [1.54, 1.807) is 6.07 Å². The predicted molar refractivity (Wildman–Crippen MR) is 80.5 cm³/mol. The topological polar surface area (TPSA) is 12.0 Å². The zero-order chi connectivity index (χ0) is 13.1. The molecule has 0 bridgehead atoms. The van der Waals surface area contributed by atoms with Crippen molar-refractivity contribution in [2.24, 2.45) is 0 Å². The minimum Gasteiger partial charge on any atom is -0.310 e. The van der Waals surface area contributed by atoms with Crippen molar-refractivity contribution in [2.45, 2.75) is 43.7 Å². The highest BCUT2D eigenvalue weighted by atomic mass is 79.9. The van der Waals surface area contributed by atoms with Gasteiger partial charge in [-0.15, -0.1) is 0 Å². The van der Waals surface area contributed by atoms with E-state index in [2.05, 4.69) is 35.1 Å². The molecule has 1 aliphatic heterocycles. The van der Waals surface area contributed by atoms with Crippen LogP contribution in [0.25, 0.3) is 0 Å². The second-order valence-electron chi connectivity index (χ2n) is 4.79. The second kappa shape index (κ2) is 6.40. The zero-order valence-electron chi connectivity index (χ0n) is 10.8. The smallest absolute Gasteiger partial charge is 0.137 e. The minimum atomic E-state index is -0.154. The molecule has 1 N–H and O–H groups in total. The van der Waals surface area contributed by atoms with Crippen LogP contribution in [0.4, 0.5) is 4.39 Å². The zero-order valence-corrected chi connectivity index (χ0v) is 13.2. The number of nitrogens with one attached hydrogen (secondary N) is 1. The third kappa shape index (κ3) is 3.09. The van der Waals surface area contributed by atoms with Crippen molar-refractivity contribution in [2.75, 3.05) is 6.54 Å². The summed E-state index contributed by atoms with van der Waals surface area (Å²) in [5.41, 5.74) is 2.38. The Bertz CT molecular complexity index is 425. The van der Waals surface area contributed by atoms with Crippen molar-refractivity contribution in [3.63, 3.8) is 0 Å². The van der Waals surface area contributed by atoms with Crippen LogP contribution in [0.1, 0.15) is 43.9 Å². The lowest BCUT2D eigenvalue weighted by Crippen LogP contribution is -2.24. The summed E-state index contributed by atoms with van der Waals surface area (Å²) in [6.07, 6.45) is 2.23. The minimum absolute atomic E-state index is 0.154. The quantitative estimate of drug-likeness (QED) is 0.864. The summed E-state index contributed by atoms with van der Waals surface area (Å²) in [5.74, 6) is 0.734. The number of benzene rings is 1. The highest BCUT2D eigenvalue weighted by Crippen LogP contribution is 2.38. The van der Waals surface area contributed by atoms with Crippen LogP contribution in [0.3, 0.4) is 0 Å². The maximum absolute atomic E-state index is 13.6. The molecular weight excluding hydrogens is 313 g/mol. The predicted octanol–water partition coefficient (Wildman–Crippen LogP) is 4.65. The van der Waals surface area contributed by atoms with E-state index in [4.69, 9.17) is 0 Å². The summed E-state index contributed by atoms with van der Waals surface area (Å²) in [6.45, 7) is 5.43. The molecule has 2 rings (SSSR count). The number of rotatable bonds is 3. The molecule has 18 heavy (non-hydrogen) atoms. The van der Waals surface area contributed by atoms with Gasteiger partial charge in [0.05, 0.1) is 4.47 Å². The van der Waals surface area contributed by atoms with Crippen molar-refractivity contribution in [1.82, 2.24) is 5.32 Å². The largest absolute Gasteiger partial charge is 0.310 e. The first-order chi connectivity index (χ1) is 8.63. The van der Waals surface area contributed by atoms with E-state index in [-0.39, 0.29) is 5.82 Å². The first-order valence-electron chi connectivity index (χ1n) is 6.45. The third-order valence-corrected chi connectivity index (χ3v) is 5.40. The van der Waals surface area contributed by atoms with Crippen molar-refractivity contribution in [3.05, 3.63) is 33.5 Å². The van der Waals surface area contributed by atoms with E-state index in [0.717, 1.165) is 30.7 Å². The molecule has 0 fully saturated rings. The molecule has 1 nitrogen and oxygen atoms in total. The summed E-state index contributed by atoms with van der Waals surface area (Å²) in [6, 6.07) is 3.87. The van der Waals surface area contributed by atoms with Gasteiger partial charge in [0.15, 0.2) is 0 Å². The fraction of sp³-hybridized carbons (Fsp3) is 0.571. The van der Waals surface area contributed by atoms with Crippen LogP contribution in [-0.4, -0.2) is 11.8 Å². The van der Waals surface area contributed by atoms with Crippen molar-refractivity contribution < 1.29 is 4.39 Å². The van der Waals surface area contributed by atoms with E-state index in [0.29, 0.717) is 15.8 Å². The lowest BCUT2D eigenvalue weighted by atomic mass is 9.97. The van der Waals surface area contributed by atoms with Crippen LogP contribution in [0.15, 0.2) is 16.6 Å². The Morgan fingerprint density at radius 2 is 2.28 bits per heavy atom. The average Bonchev–Trinajstić information content (AvgIpc) is 2.51. The van der Waals surface area contributed by atoms with Gasteiger partial charge in [-0.05, 0) is 52.5 Å². The standard InChI is InChI=1S/C14H19BrFNS/c1-3-6-17-13-7-9(2)18-8-11-10(13)4-5-12(16)14(11)15/h4-5,9,13,17H,3,6-8H2,1-2H3. The van der Waals surface area contributed by atoms with E-state index >= 15 is 0 Å². The third-order valence-electron chi connectivity index (χ3n) is 3.33. The summed E-state index contributed by atoms with van der Waals surface area (Å²) in [5, 5.41) is 4.19. The number of hydrogen-bond donors (Lipinski definition) is 1. The van der Waals surface area contributed by atoms with Crippen LogP contribution in [0.5, 0.6) is 0 Å². The molecule has 0 saturated heterocycles. The highest BCUT2D eigenvalue weighted by Gasteiger charge is 2.24. The van der Waals surface area contributed by atoms with E-state index < -0.39 is 0 Å². The van der Waals surface area contributed by atoms with Gasteiger partial charge in [-0.25, -0.2) is 4.39 Å². The molecule has 0 aromatic heterocycles. The molecule has 2 atom stereocenters. The van der Waals surface area contributed by atoms with Gasteiger partial charge >= 0.3 is 0 Å². The van der Waals surface area contributed by atoms with E-state index in [1.807, 2.05) is 17.8 Å². The molecule has 1 heterocycles. The highest BCUT2D eigenvalue weighted by molar-refractivity contribution is 9.10. The summed E-state index contributed by atoms with van der Waals surface area (Å²) in [4.78, 5) is 0. The summed E-state index contributed by atoms with van der Waals surface area (Å²) < 4.78 is 14.3. The Balaban J connectivity index is 2.35. The lowest BCUT2D eigenvalue weighted by molar-refractivity contribution is 0.498. The molecule has 0 saturated carbocycles. The van der Waals surface area contributed by atoms with Gasteiger partial charge in [-0.1, -0.05) is 19.9 Å². The van der Waals surface area contributed by atoms with Crippen LogP contribution in [0, 0.1) is 5.82 Å². The van der Waals surface area contributed by atoms with Gasteiger partial charge in [0.2, 0.25) is 0 Å². The van der Waals surface area contributed by atoms with Crippen molar-refractivity contribution >= 4 is 27.7 Å². The Morgan fingerprint density at radius 3 is 3.00 bits per heavy atom. The molecule has 0 aliphatic carbocycles. The molecule has 0 spiro atoms. The molecule has 1 aromatic carbocycles. The summed E-state index contributed by atoms with van der Waals surface area (Å²) in [7, 11) is 0. The molecule has 1 aliphatic rings. The number of hydrogen-bond acceptors (Lipinski definition) is 2. The maximum Gasteiger partial charge on any atom is 0.137 e. The number of halogens is 2. The number of thioether (sulfide) groups is 1. The van der Waals surface area contributed by atoms with Crippen molar-refractivity contribution in [1.29, 1.82) is 0 Å². The molecule has 0 radical (unpaired) electrons. The monoisotopic (exact) mass is 331 g/mol. The Hall–Kier alpha value is -0.0600. The molecular formula is C14H19BrFNS. The van der Waals surface area contributed by atoms with Crippen LogP contribution < -0.4 is 5.32 Å². The maximum atomic E-state index is 13.6. The fourth-order valence-corrected chi connectivity index (χ4v) is 4.12. The first kappa shape index (κ1) is 14.4. The average molecular weight is 332 g/mol. The molecule has 100 valence electrons. The van der Waals surface area contributed by atoms with Gasteiger partial charge in [0.25, 0.3) is 0 Å². The SMILES string of the molecule is CCCNC1CC(C)SCc2c1ccc(F)c2Br. The van der Waals surface area contributed by atoms with Crippen LogP contribution >= 0.6 is 27.7 Å². The second-order valence-corrected chi connectivity index (χ2v) is 7.01. The molecule has 1 aromatic rings. The van der Waals surface area contributed by atoms with Gasteiger partial charge in [0.1, 0.15) is 5.82 Å². The molecule has 0 amide bonds. The van der Waals surface area contributed by atoms with E-state index in [9.17, 15) is 4.39 Å². The Labute approximate surface area is 121 Å². The van der Waals surface area contributed by atoms with Gasteiger partial charge in [-0.2, -0.15) is 11.8 Å². The number of fused-ring (bicyclic) bond motifs is 1. The van der Waals surface area contributed by atoms with Gasteiger partial charge in [-0.3, -0.25) is 0 Å². The van der Waals surface area contributed by atoms with Gasteiger partial charge < -0.3 is 5.32 Å². The molecule has 2 unspecified atom stereocenters. The fourth-order valence-electron chi connectivity index (χ4n) is 2.35. The Morgan fingerprint density at radius 1 is 1.50 bits per heavy atom. The van der Waals surface area contributed by atoms with Crippen LogP contribution in [0.2, 0.25) is 0 Å². The molecule has 4 heteroatoms. The first-order valence-corrected chi connectivity index (χ1v) is 8.29. The van der Waals surface area contributed by atoms with Crippen LogP contribution in [-0.2, 0) is 5.75 Å². The summed E-state index contributed by atoms with van der Waals surface area (Å²) >= 11 is 5.31.